The summed E-state index contributed by atoms with van der Waals surface area (Å²) in [4.78, 5) is 20.7. The highest BCUT2D eigenvalue weighted by atomic mass is 16.5. The average molecular weight is 289 g/mol. The second-order valence-electron chi connectivity index (χ2n) is 6.41. The van der Waals surface area contributed by atoms with Gasteiger partial charge in [0.15, 0.2) is 0 Å². The molecule has 5 nitrogen and oxygen atoms in total. The van der Waals surface area contributed by atoms with E-state index in [2.05, 4.69) is 23.7 Å². The molecule has 5 heteroatoms. The monoisotopic (exact) mass is 289 g/mol. The van der Waals surface area contributed by atoms with Crippen LogP contribution in [0.25, 0.3) is 0 Å². The van der Waals surface area contributed by atoms with Crippen molar-refractivity contribution in [2.75, 3.05) is 26.2 Å². The number of hydrogen-bond donors (Lipinski definition) is 0. The number of rotatable bonds is 4. The molecule has 0 spiro atoms. The van der Waals surface area contributed by atoms with Crippen molar-refractivity contribution in [1.29, 1.82) is 0 Å². The number of likely N-dealkylation sites (tertiary alicyclic amines) is 1. The zero-order chi connectivity index (χ0) is 14.8. The zero-order valence-corrected chi connectivity index (χ0v) is 12.7. The topological polar surface area (TPSA) is 45.7 Å². The third-order valence-corrected chi connectivity index (χ3v) is 4.18. The van der Waals surface area contributed by atoms with Crippen LogP contribution in [-0.4, -0.2) is 59.1 Å². The van der Waals surface area contributed by atoms with Crippen molar-refractivity contribution in [3.8, 4) is 0 Å². The van der Waals surface area contributed by atoms with Crippen LogP contribution in [0.5, 0.6) is 0 Å². The van der Waals surface area contributed by atoms with Gasteiger partial charge in [-0.2, -0.15) is 0 Å². The first-order valence-corrected chi connectivity index (χ1v) is 7.66. The van der Waals surface area contributed by atoms with Crippen molar-refractivity contribution in [2.24, 2.45) is 5.92 Å². The minimum Gasteiger partial charge on any atom is -0.365 e. The molecule has 2 aliphatic rings. The van der Waals surface area contributed by atoms with Gasteiger partial charge in [-0.1, -0.05) is 13.8 Å². The van der Waals surface area contributed by atoms with Gasteiger partial charge in [0.1, 0.15) is 6.61 Å². The van der Waals surface area contributed by atoms with Gasteiger partial charge in [0.25, 0.3) is 0 Å². The third-order valence-electron chi connectivity index (χ3n) is 4.18. The van der Waals surface area contributed by atoms with E-state index in [0.717, 1.165) is 25.2 Å². The van der Waals surface area contributed by atoms with Gasteiger partial charge in [-0.3, -0.25) is 14.7 Å². The molecule has 0 aliphatic carbocycles. The normalized spacial score (nSPS) is 26.4. The van der Waals surface area contributed by atoms with Gasteiger partial charge >= 0.3 is 0 Å². The van der Waals surface area contributed by atoms with Crippen LogP contribution in [0.15, 0.2) is 24.5 Å². The summed E-state index contributed by atoms with van der Waals surface area (Å²) in [6.45, 7) is 8.23. The van der Waals surface area contributed by atoms with E-state index in [1.54, 1.807) is 12.4 Å². The summed E-state index contributed by atoms with van der Waals surface area (Å²) in [5.74, 6) is 0.731. The Bertz CT molecular complexity index is 492. The lowest BCUT2D eigenvalue weighted by molar-refractivity contribution is -0.153. The first-order valence-electron chi connectivity index (χ1n) is 7.66. The van der Waals surface area contributed by atoms with E-state index in [0.29, 0.717) is 12.5 Å². The molecular weight excluding hydrogens is 266 g/mol. The van der Waals surface area contributed by atoms with E-state index < -0.39 is 0 Å². The van der Waals surface area contributed by atoms with E-state index in [1.165, 1.54) is 0 Å². The predicted molar refractivity (Wildman–Crippen MR) is 79.6 cm³/mol. The van der Waals surface area contributed by atoms with E-state index in [-0.39, 0.29) is 24.7 Å². The Morgan fingerprint density at radius 3 is 2.81 bits per heavy atom. The zero-order valence-electron chi connectivity index (χ0n) is 12.7. The van der Waals surface area contributed by atoms with Gasteiger partial charge in [-0.25, -0.2) is 0 Å². The summed E-state index contributed by atoms with van der Waals surface area (Å²) in [6.07, 6.45) is 3.71. The molecule has 0 radical (unpaired) electrons. The summed E-state index contributed by atoms with van der Waals surface area (Å²) in [5, 5.41) is 0. The molecule has 0 unspecified atom stereocenters. The Kier molecular flexibility index (Phi) is 4.22. The molecule has 2 fully saturated rings. The van der Waals surface area contributed by atoms with Crippen LogP contribution in [0.1, 0.15) is 19.4 Å². The van der Waals surface area contributed by atoms with Crippen LogP contribution in [0.3, 0.4) is 0 Å². The Morgan fingerprint density at radius 2 is 2.10 bits per heavy atom. The SMILES string of the molecule is CC(C)CN1C[C@@H]2OCC(=O)N(Cc3ccncc3)[C@@H]2C1. The number of amides is 1. The molecule has 0 N–H and O–H groups in total. The lowest BCUT2D eigenvalue weighted by atomic mass is 10.1. The fraction of sp³-hybridized carbons (Fsp3) is 0.625. The minimum atomic E-state index is 0.0967. The van der Waals surface area contributed by atoms with Crippen molar-refractivity contribution < 1.29 is 9.53 Å². The summed E-state index contributed by atoms with van der Waals surface area (Å²) in [6, 6.07) is 4.12. The van der Waals surface area contributed by atoms with E-state index in [4.69, 9.17) is 4.74 Å². The van der Waals surface area contributed by atoms with Crippen molar-refractivity contribution in [1.82, 2.24) is 14.8 Å². The largest absolute Gasteiger partial charge is 0.365 e. The lowest BCUT2D eigenvalue weighted by Crippen LogP contribution is -2.53. The molecular formula is C16H23N3O2. The van der Waals surface area contributed by atoms with Gasteiger partial charge in [0, 0.05) is 38.6 Å². The lowest BCUT2D eigenvalue weighted by Gasteiger charge is -2.36. The molecule has 21 heavy (non-hydrogen) atoms. The number of aromatic nitrogens is 1. The molecule has 3 rings (SSSR count). The summed E-state index contributed by atoms with van der Waals surface area (Å²) in [5.41, 5.74) is 1.13. The molecule has 3 heterocycles. The van der Waals surface area contributed by atoms with Crippen molar-refractivity contribution >= 4 is 5.91 Å². The van der Waals surface area contributed by atoms with Gasteiger partial charge < -0.3 is 9.64 Å². The molecule has 0 aromatic carbocycles. The number of ether oxygens (including phenoxy) is 1. The Balaban J connectivity index is 1.71. The Hall–Kier alpha value is -1.46. The Morgan fingerprint density at radius 1 is 1.33 bits per heavy atom. The van der Waals surface area contributed by atoms with E-state index in [1.807, 2.05) is 17.0 Å². The van der Waals surface area contributed by atoms with Crippen LogP contribution < -0.4 is 0 Å². The molecule has 0 saturated carbocycles. The van der Waals surface area contributed by atoms with E-state index >= 15 is 0 Å². The number of morpholine rings is 1. The maximum absolute atomic E-state index is 12.2. The number of carbonyl (C=O) groups excluding carboxylic acids is 1. The van der Waals surface area contributed by atoms with Crippen LogP contribution in [0, 0.1) is 5.92 Å². The molecule has 2 atom stereocenters. The quantitative estimate of drug-likeness (QED) is 0.834. The molecule has 1 aromatic heterocycles. The highest BCUT2D eigenvalue weighted by Gasteiger charge is 2.42. The number of carbonyl (C=O) groups is 1. The smallest absolute Gasteiger partial charge is 0.249 e. The van der Waals surface area contributed by atoms with Crippen molar-refractivity contribution in [3.63, 3.8) is 0 Å². The first kappa shape index (κ1) is 14.5. The molecule has 1 aromatic rings. The predicted octanol–water partition coefficient (Wildman–Crippen LogP) is 1.15. The van der Waals surface area contributed by atoms with Crippen LogP contribution in [0.2, 0.25) is 0 Å². The molecule has 0 bridgehead atoms. The number of nitrogens with zero attached hydrogens (tertiary/aromatic N) is 3. The Labute approximate surface area is 125 Å². The number of pyridine rings is 1. The van der Waals surface area contributed by atoms with E-state index in [9.17, 15) is 4.79 Å². The summed E-state index contributed by atoms with van der Waals surface area (Å²) >= 11 is 0. The first-order chi connectivity index (χ1) is 10.1. The van der Waals surface area contributed by atoms with Crippen LogP contribution in [-0.2, 0) is 16.1 Å². The van der Waals surface area contributed by atoms with Crippen molar-refractivity contribution in [3.05, 3.63) is 30.1 Å². The highest BCUT2D eigenvalue weighted by molar-refractivity contribution is 5.78. The van der Waals surface area contributed by atoms with Gasteiger partial charge in [-0.05, 0) is 23.6 Å². The fourth-order valence-electron chi connectivity index (χ4n) is 3.30. The average Bonchev–Trinajstić information content (AvgIpc) is 2.85. The molecule has 1 amide bonds. The summed E-state index contributed by atoms with van der Waals surface area (Å²) < 4.78 is 5.75. The van der Waals surface area contributed by atoms with Crippen molar-refractivity contribution in [2.45, 2.75) is 32.5 Å². The minimum absolute atomic E-state index is 0.0967. The standard InChI is InChI=1S/C16H23N3O2/c1-12(2)7-18-9-14-15(10-18)21-11-16(20)19(14)8-13-3-5-17-6-4-13/h3-6,12,14-15H,7-11H2,1-2H3/t14-,15+/m1/s1. The molecule has 114 valence electrons. The summed E-state index contributed by atoms with van der Waals surface area (Å²) in [7, 11) is 0. The molecule has 2 saturated heterocycles. The maximum Gasteiger partial charge on any atom is 0.249 e. The van der Waals surface area contributed by atoms with Crippen LogP contribution in [0.4, 0.5) is 0 Å². The molecule has 2 aliphatic heterocycles. The van der Waals surface area contributed by atoms with Gasteiger partial charge in [-0.15, -0.1) is 0 Å². The third kappa shape index (κ3) is 3.24. The highest BCUT2D eigenvalue weighted by Crippen LogP contribution is 2.25. The second kappa shape index (κ2) is 6.12. The number of fused-ring (bicyclic) bond motifs is 1. The van der Waals surface area contributed by atoms with Gasteiger partial charge in [0.05, 0.1) is 12.1 Å². The number of hydrogen-bond acceptors (Lipinski definition) is 4. The van der Waals surface area contributed by atoms with Crippen LogP contribution >= 0.6 is 0 Å². The maximum atomic E-state index is 12.2. The van der Waals surface area contributed by atoms with Gasteiger partial charge in [0.2, 0.25) is 5.91 Å². The fourth-order valence-corrected chi connectivity index (χ4v) is 3.30. The second-order valence-corrected chi connectivity index (χ2v) is 6.41.